The van der Waals surface area contributed by atoms with Crippen LogP contribution in [0.3, 0.4) is 0 Å². The van der Waals surface area contributed by atoms with E-state index in [2.05, 4.69) is 22.1 Å². The summed E-state index contributed by atoms with van der Waals surface area (Å²) in [5, 5.41) is 2.22. The summed E-state index contributed by atoms with van der Waals surface area (Å²) in [7, 11) is 0. The molecule has 0 spiro atoms. The fraction of sp³-hybridized carbons (Fsp3) is 0.0476. The number of furan rings is 1. The van der Waals surface area contributed by atoms with E-state index in [9.17, 15) is 0 Å². The van der Waals surface area contributed by atoms with Crippen LogP contribution in [0.1, 0.15) is 11.1 Å². The molecule has 0 saturated heterocycles. The van der Waals surface area contributed by atoms with Gasteiger partial charge < -0.3 is 10.2 Å². The average Bonchev–Trinajstić information content (AvgIpc) is 3.05. The van der Waals surface area contributed by atoms with E-state index in [1.807, 2.05) is 60.7 Å². The Kier molecular flexibility index (Phi) is 4.01. The van der Waals surface area contributed by atoms with Crippen LogP contribution in [0.2, 0.25) is 0 Å². The number of nitrogens with zero attached hydrogens (tertiary/aromatic N) is 2. The lowest BCUT2D eigenvalue weighted by Gasteiger charge is -2.02. The topological polar surface area (TPSA) is 63.9 Å². The third-order valence-corrected chi connectivity index (χ3v) is 4.11. The molecule has 1 heterocycles. The molecule has 0 unspecified atom stereocenters. The monoisotopic (exact) mass is 327 g/mol. The molecule has 0 aliphatic rings. The van der Waals surface area contributed by atoms with E-state index in [0.29, 0.717) is 12.4 Å². The molecule has 0 aliphatic carbocycles. The van der Waals surface area contributed by atoms with E-state index in [1.54, 1.807) is 0 Å². The summed E-state index contributed by atoms with van der Waals surface area (Å²) in [6.07, 6.45) is 1.27. The SMILES string of the molecule is NC=NC(=NCc1cccc2c1oc1ccccc12)c1ccccc1. The maximum atomic E-state index is 6.05. The lowest BCUT2D eigenvalue weighted by Crippen LogP contribution is -2.02. The quantitative estimate of drug-likeness (QED) is 0.444. The van der Waals surface area contributed by atoms with Gasteiger partial charge in [0.15, 0.2) is 5.84 Å². The molecule has 0 bridgehead atoms. The van der Waals surface area contributed by atoms with Gasteiger partial charge in [0.05, 0.1) is 12.9 Å². The highest BCUT2D eigenvalue weighted by Gasteiger charge is 2.10. The molecule has 2 N–H and O–H groups in total. The molecule has 4 aromatic rings. The molecule has 25 heavy (non-hydrogen) atoms. The molecule has 122 valence electrons. The summed E-state index contributed by atoms with van der Waals surface area (Å²) in [4.78, 5) is 8.86. The van der Waals surface area contributed by atoms with Crippen molar-refractivity contribution in [1.82, 2.24) is 0 Å². The predicted octanol–water partition coefficient (Wildman–Crippen LogP) is 4.52. The minimum Gasteiger partial charge on any atom is -0.456 e. The maximum Gasteiger partial charge on any atom is 0.156 e. The van der Waals surface area contributed by atoms with Gasteiger partial charge in [0.25, 0.3) is 0 Å². The van der Waals surface area contributed by atoms with Gasteiger partial charge >= 0.3 is 0 Å². The smallest absolute Gasteiger partial charge is 0.156 e. The zero-order valence-corrected chi connectivity index (χ0v) is 13.6. The van der Waals surface area contributed by atoms with Crippen molar-refractivity contribution in [2.45, 2.75) is 6.54 Å². The van der Waals surface area contributed by atoms with E-state index in [4.69, 9.17) is 10.2 Å². The van der Waals surface area contributed by atoms with Crippen molar-refractivity contribution >= 4 is 34.1 Å². The molecule has 0 amide bonds. The van der Waals surface area contributed by atoms with Crippen LogP contribution >= 0.6 is 0 Å². The Hall–Kier alpha value is -3.40. The summed E-state index contributed by atoms with van der Waals surface area (Å²) in [6, 6.07) is 24.0. The van der Waals surface area contributed by atoms with Crippen molar-refractivity contribution in [1.29, 1.82) is 0 Å². The van der Waals surface area contributed by atoms with Gasteiger partial charge in [0.2, 0.25) is 0 Å². The lowest BCUT2D eigenvalue weighted by atomic mass is 10.1. The number of hydrogen-bond acceptors (Lipinski definition) is 2. The first-order valence-electron chi connectivity index (χ1n) is 8.10. The maximum absolute atomic E-state index is 6.05. The Morgan fingerprint density at radius 2 is 1.64 bits per heavy atom. The number of amidine groups is 1. The molecule has 3 aromatic carbocycles. The summed E-state index contributed by atoms with van der Waals surface area (Å²) >= 11 is 0. The molecular weight excluding hydrogens is 310 g/mol. The van der Waals surface area contributed by atoms with Crippen LogP contribution in [0.4, 0.5) is 0 Å². The fourth-order valence-electron chi connectivity index (χ4n) is 2.95. The van der Waals surface area contributed by atoms with Crippen LogP contribution < -0.4 is 5.73 Å². The van der Waals surface area contributed by atoms with Gasteiger partial charge in [-0.1, -0.05) is 66.7 Å². The summed E-state index contributed by atoms with van der Waals surface area (Å²) in [5.74, 6) is 0.608. The van der Waals surface area contributed by atoms with Crippen LogP contribution in [0.25, 0.3) is 21.9 Å². The molecule has 0 fully saturated rings. The average molecular weight is 327 g/mol. The number of para-hydroxylation sites is 2. The third kappa shape index (κ3) is 2.90. The number of hydrogen-bond donors (Lipinski definition) is 1. The highest BCUT2D eigenvalue weighted by Crippen LogP contribution is 2.31. The van der Waals surface area contributed by atoms with Gasteiger partial charge in [-0.2, -0.15) is 0 Å². The Balaban J connectivity index is 1.77. The summed E-state index contributed by atoms with van der Waals surface area (Å²) in [5.41, 5.74) is 9.20. The predicted molar refractivity (Wildman–Crippen MR) is 103 cm³/mol. The van der Waals surface area contributed by atoms with Crippen molar-refractivity contribution in [3.63, 3.8) is 0 Å². The Bertz CT molecular complexity index is 1080. The molecule has 4 rings (SSSR count). The van der Waals surface area contributed by atoms with Gasteiger partial charge in [-0.05, 0) is 6.07 Å². The number of aliphatic imine (C=N–C) groups is 2. The Labute approximate surface area is 145 Å². The lowest BCUT2D eigenvalue weighted by molar-refractivity contribution is 0.663. The number of nitrogens with two attached hydrogens (primary N) is 1. The molecule has 0 saturated carbocycles. The molecule has 4 nitrogen and oxygen atoms in total. The van der Waals surface area contributed by atoms with E-state index in [1.165, 1.54) is 6.34 Å². The first-order chi connectivity index (χ1) is 12.4. The summed E-state index contributed by atoms with van der Waals surface area (Å²) < 4.78 is 6.05. The summed E-state index contributed by atoms with van der Waals surface area (Å²) in [6.45, 7) is 0.471. The standard InChI is InChI=1S/C21H17N3O/c22-14-24-21(15-7-2-1-3-8-15)23-13-16-9-6-11-18-17-10-4-5-12-19(17)25-20(16)18/h1-12,14H,13H2,(H2,22,23,24). The molecule has 0 radical (unpaired) electrons. The van der Waals surface area contributed by atoms with Gasteiger partial charge in [0.1, 0.15) is 11.2 Å². The Morgan fingerprint density at radius 1 is 0.880 bits per heavy atom. The van der Waals surface area contributed by atoms with Crippen molar-refractivity contribution in [3.8, 4) is 0 Å². The minimum absolute atomic E-state index is 0.471. The molecule has 1 aromatic heterocycles. The number of rotatable bonds is 3. The van der Waals surface area contributed by atoms with Crippen molar-refractivity contribution in [2.75, 3.05) is 0 Å². The fourth-order valence-corrected chi connectivity index (χ4v) is 2.95. The number of fused-ring (bicyclic) bond motifs is 3. The molecule has 4 heteroatoms. The van der Waals surface area contributed by atoms with Crippen molar-refractivity contribution in [2.24, 2.45) is 15.7 Å². The minimum atomic E-state index is 0.471. The van der Waals surface area contributed by atoms with Gasteiger partial charge in [-0.15, -0.1) is 0 Å². The second-order valence-corrected chi connectivity index (χ2v) is 5.68. The zero-order valence-electron chi connectivity index (χ0n) is 13.6. The van der Waals surface area contributed by atoms with E-state index in [-0.39, 0.29) is 0 Å². The van der Waals surface area contributed by atoms with Gasteiger partial charge in [-0.3, -0.25) is 4.99 Å². The van der Waals surface area contributed by atoms with E-state index >= 15 is 0 Å². The molecule has 0 atom stereocenters. The van der Waals surface area contributed by atoms with Crippen LogP contribution in [-0.2, 0) is 6.54 Å². The third-order valence-electron chi connectivity index (χ3n) is 4.11. The highest BCUT2D eigenvalue weighted by molar-refractivity contribution is 6.06. The number of benzene rings is 3. The Morgan fingerprint density at radius 3 is 2.48 bits per heavy atom. The largest absolute Gasteiger partial charge is 0.456 e. The van der Waals surface area contributed by atoms with Gasteiger partial charge in [0, 0.05) is 21.9 Å². The second kappa shape index (κ2) is 6.61. The van der Waals surface area contributed by atoms with Crippen molar-refractivity contribution < 1.29 is 4.42 Å². The van der Waals surface area contributed by atoms with Crippen LogP contribution in [0, 0.1) is 0 Å². The van der Waals surface area contributed by atoms with E-state index in [0.717, 1.165) is 33.1 Å². The molecular formula is C21H17N3O. The first kappa shape index (κ1) is 15.1. The van der Waals surface area contributed by atoms with Gasteiger partial charge in [-0.25, -0.2) is 4.99 Å². The van der Waals surface area contributed by atoms with Crippen molar-refractivity contribution in [3.05, 3.63) is 83.9 Å². The van der Waals surface area contributed by atoms with Crippen LogP contribution in [-0.4, -0.2) is 12.2 Å². The van der Waals surface area contributed by atoms with E-state index < -0.39 is 0 Å². The van der Waals surface area contributed by atoms with Crippen LogP contribution in [0.15, 0.2) is 87.2 Å². The molecule has 0 aliphatic heterocycles. The second-order valence-electron chi connectivity index (χ2n) is 5.68. The van der Waals surface area contributed by atoms with Crippen LogP contribution in [0.5, 0.6) is 0 Å². The highest BCUT2D eigenvalue weighted by atomic mass is 16.3. The first-order valence-corrected chi connectivity index (χ1v) is 8.10. The normalized spacial score (nSPS) is 12.4. The zero-order chi connectivity index (χ0) is 17.1.